The van der Waals surface area contributed by atoms with Gasteiger partial charge < -0.3 is 9.64 Å². The van der Waals surface area contributed by atoms with Gasteiger partial charge in [-0.2, -0.15) is 0 Å². The van der Waals surface area contributed by atoms with Crippen LogP contribution in [0.5, 0.6) is 0 Å². The molecule has 3 heterocycles. The lowest BCUT2D eigenvalue weighted by atomic mass is 9.98. The Labute approximate surface area is 149 Å². The molecule has 1 amide bonds. The average molecular weight is 364 g/mol. The number of thiophene rings is 1. The molecule has 2 aromatic heterocycles. The van der Waals surface area contributed by atoms with Gasteiger partial charge in [-0.3, -0.25) is 9.59 Å². The highest BCUT2D eigenvalue weighted by Crippen LogP contribution is 2.32. The van der Waals surface area contributed by atoms with Gasteiger partial charge in [-0.1, -0.05) is 6.07 Å². The van der Waals surface area contributed by atoms with E-state index in [0.29, 0.717) is 24.6 Å². The monoisotopic (exact) mass is 364 g/mol. The minimum atomic E-state index is -0.215. The second-order valence-corrected chi connectivity index (χ2v) is 7.70. The lowest BCUT2D eigenvalue weighted by molar-refractivity contribution is -0.149. The van der Waals surface area contributed by atoms with Crippen molar-refractivity contribution in [3.8, 4) is 9.88 Å². The summed E-state index contributed by atoms with van der Waals surface area (Å²) in [5.41, 5.74) is 0.756. The van der Waals surface area contributed by atoms with E-state index in [0.717, 1.165) is 28.4 Å². The van der Waals surface area contributed by atoms with Crippen molar-refractivity contribution < 1.29 is 14.3 Å². The van der Waals surface area contributed by atoms with Crippen LogP contribution < -0.4 is 0 Å². The van der Waals surface area contributed by atoms with Crippen LogP contribution in [-0.2, 0) is 9.53 Å². The molecule has 0 aromatic carbocycles. The fraction of sp³-hybridized carbons (Fsp3) is 0.471. The number of aromatic nitrogens is 1. The SMILES string of the molecule is CCOC(=O)C1CCCN(C(=O)c2sc(-c3cccs3)nc2C)C1. The van der Waals surface area contributed by atoms with Crippen molar-refractivity contribution >= 4 is 34.6 Å². The fourth-order valence-electron chi connectivity index (χ4n) is 2.86. The number of nitrogens with zero attached hydrogens (tertiary/aromatic N) is 2. The third kappa shape index (κ3) is 3.52. The van der Waals surface area contributed by atoms with Crippen molar-refractivity contribution in [3.63, 3.8) is 0 Å². The number of thiazole rings is 1. The summed E-state index contributed by atoms with van der Waals surface area (Å²) in [6.45, 7) is 5.16. The van der Waals surface area contributed by atoms with E-state index in [1.54, 1.807) is 23.2 Å². The minimum Gasteiger partial charge on any atom is -0.466 e. The molecule has 0 spiro atoms. The van der Waals surface area contributed by atoms with Gasteiger partial charge in [0.25, 0.3) is 5.91 Å². The molecule has 0 bridgehead atoms. The second-order valence-electron chi connectivity index (χ2n) is 5.75. The summed E-state index contributed by atoms with van der Waals surface area (Å²) >= 11 is 3.05. The van der Waals surface area contributed by atoms with E-state index >= 15 is 0 Å². The molecule has 5 nitrogen and oxygen atoms in total. The van der Waals surface area contributed by atoms with Crippen LogP contribution in [0.2, 0.25) is 0 Å². The number of likely N-dealkylation sites (tertiary alicyclic amines) is 1. The fourth-order valence-corrected chi connectivity index (χ4v) is 4.69. The van der Waals surface area contributed by atoms with Gasteiger partial charge in [-0.05, 0) is 38.1 Å². The molecule has 128 valence electrons. The van der Waals surface area contributed by atoms with Crippen LogP contribution in [0.1, 0.15) is 35.1 Å². The third-order valence-corrected chi connectivity index (χ3v) is 6.24. The zero-order valence-corrected chi connectivity index (χ0v) is 15.4. The number of amides is 1. The van der Waals surface area contributed by atoms with Crippen LogP contribution in [0, 0.1) is 12.8 Å². The summed E-state index contributed by atoms with van der Waals surface area (Å²) in [4.78, 5) is 32.9. The zero-order chi connectivity index (χ0) is 17.1. The molecule has 0 aliphatic carbocycles. The highest BCUT2D eigenvalue weighted by atomic mass is 32.1. The topological polar surface area (TPSA) is 59.5 Å². The quantitative estimate of drug-likeness (QED) is 0.778. The zero-order valence-electron chi connectivity index (χ0n) is 13.8. The molecule has 3 rings (SSSR count). The van der Waals surface area contributed by atoms with E-state index in [1.165, 1.54) is 11.3 Å². The molecule has 1 fully saturated rings. The minimum absolute atomic E-state index is 0.0261. The summed E-state index contributed by atoms with van der Waals surface area (Å²) in [5.74, 6) is -0.440. The highest BCUT2D eigenvalue weighted by molar-refractivity contribution is 7.22. The predicted molar refractivity (Wildman–Crippen MR) is 95.4 cm³/mol. The molecule has 0 saturated carbocycles. The molecule has 0 radical (unpaired) electrons. The van der Waals surface area contributed by atoms with Crippen molar-refractivity contribution in [2.75, 3.05) is 19.7 Å². The van der Waals surface area contributed by atoms with E-state index in [4.69, 9.17) is 4.74 Å². The Hall–Kier alpha value is -1.73. The van der Waals surface area contributed by atoms with E-state index in [2.05, 4.69) is 4.98 Å². The lowest BCUT2D eigenvalue weighted by Gasteiger charge is -2.31. The molecular formula is C17H20N2O3S2. The molecule has 24 heavy (non-hydrogen) atoms. The van der Waals surface area contributed by atoms with Gasteiger partial charge in [-0.15, -0.1) is 22.7 Å². The van der Waals surface area contributed by atoms with Crippen LogP contribution >= 0.6 is 22.7 Å². The Morgan fingerprint density at radius 1 is 1.46 bits per heavy atom. The second kappa shape index (κ2) is 7.44. The van der Waals surface area contributed by atoms with Crippen molar-refractivity contribution in [2.24, 2.45) is 5.92 Å². The van der Waals surface area contributed by atoms with Crippen LogP contribution in [0.25, 0.3) is 9.88 Å². The van der Waals surface area contributed by atoms with Gasteiger partial charge >= 0.3 is 5.97 Å². The first-order valence-corrected chi connectivity index (χ1v) is 9.77. The summed E-state index contributed by atoms with van der Waals surface area (Å²) in [6.07, 6.45) is 1.61. The summed E-state index contributed by atoms with van der Waals surface area (Å²) in [5, 5.41) is 2.88. The van der Waals surface area contributed by atoms with Gasteiger partial charge in [0.15, 0.2) is 0 Å². The summed E-state index contributed by atoms with van der Waals surface area (Å²) in [7, 11) is 0. The Balaban J connectivity index is 1.75. The lowest BCUT2D eigenvalue weighted by Crippen LogP contribution is -2.42. The van der Waals surface area contributed by atoms with Crippen molar-refractivity contribution in [1.29, 1.82) is 0 Å². The largest absolute Gasteiger partial charge is 0.466 e. The molecule has 2 aromatic rings. The van der Waals surface area contributed by atoms with Gasteiger partial charge in [0.2, 0.25) is 0 Å². The number of rotatable bonds is 4. The number of hydrogen-bond donors (Lipinski definition) is 0. The predicted octanol–water partition coefficient (Wildman–Crippen LogP) is 3.60. The maximum absolute atomic E-state index is 12.9. The van der Waals surface area contributed by atoms with Crippen molar-refractivity contribution in [1.82, 2.24) is 9.88 Å². The Bertz CT molecular complexity index is 724. The molecule has 1 aliphatic heterocycles. The summed E-state index contributed by atoms with van der Waals surface area (Å²) < 4.78 is 5.11. The van der Waals surface area contributed by atoms with Crippen molar-refractivity contribution in [2.45, 2.75) is 26.7 Å². The maximum Gasteiger partial charge on any atom is 0.310 e. The molecule has 1 aliphatic rings. The first-order chi connectivity index (χ1) is 11.6. The molecule has 1 atom stereocenters. The average Bonchev–Trinajstić information content (AvgIpc) is 3.24. The van der Waals surface area contributed by atoms with Gasteiger partial charge in [-0.25, -0.2) is 4.98 Å². The Kier molecular flexibility index (Phi) is 5.30. The highest BCUT2D eigenvalue weighted by Gasteiger charge is 2.31. The molecule has 7 heteroatoms. The Morgan fingerprint density at radius 2 is 2.29 bits per heavy atom. The van der Waals surface area contributed by atoms with Crippen LogP contribution in [-0.4, -0.2) is 41.5 Å². The van der Waals surface area contributed by atoms with Gasteiger partial charge in [0.1, 0.15) is 9.88 Å². The first kappa shape index (κ1) is 17.1. The van der Waals surface area contributed by atoms with Crippen LogP contribution in [0.3, 0.4) is 0 Å². The van der Waals surface area contributed by atoms with E-state index in [1.807, 2.05) is 24.4 Å². The third-order valence-electron chi connectivity index (χ3n) is 4.05. The number of piperidine rings is 1. The summed E-state index contributed by atoms with van der Waals surface area (Å²) in [6, 6.07) is 3.99. The molecule has 0 N–H and O–H groups in total. The smallest absolute Gasteiger partial charge is 0.310 e. The molecular weight excluding hydrogens is 344 g/mol. The van der Waals surface area contributed by atoms with Crippen molar-refractivity contribution in [3.05, 3.63) is 28.1 Å². The van der Waals surface area contributed by atoms with Crippen LogP contribution in [0.4, 0.5) is 0 Å². The number of hydrogen-bond acceptors (Lipinski definition) is 6. The van der Waals surface area contributed by atoms with Crippen LogP contribution in [0.15, 0.2) is 17.5 Å². The van der Waals surface area contributed by atoms with E-state index in [-0.39, 0.29) is 17.8 Å². The van der Waals surface area contributed by atoms with Gasteiger partial charge in [0, 0.05) is 13.1 Å². The number of carbonyl (C=O) groups excluding carboxylic acids is 2. The Morgan fingerprint density at radius 3 is 3.00 bits per heavy atom. The maximum atomic E-state index is 12.9. The standard InChI is InChI=1S/C17H20N2O3S2/c1-3-22-17(21)12-6-4-8-19(10-12)16(20)14-11(2)18-15(24-14)13-7-5-9-23-13/h5,7,9,12H,3-4,6,8,10H2,1-2H3. The number of aryl methyl sites for hydroxylation is 1. The number of ether oxygens (including phenoxy) is 1. The number of esters is 1. The van der Waals surface area contributed by atoms with E-state index < -0.39 is 0 Å². The van der Waals surface area contributed by atoms with E-state index in [9.17, 15) is 9.59 Å². The normalized spacial score (nSPS) is 17.8. The number of carbonyl (C=O) groups is 2. The van der Waals surface area contributed by atoms with Gasteiger partial charge in [0.05, 0.1) is 23.1 Å². The first-order valence-electron chi connectivity index (χ1n) is 8.07. The molecule has 1 unspecified atom stereocenters. The molecule has 1 saturated heterocycles.